The van der Waals surface area contributed by atoms with Crippen LogP contribution in [-0.4, -0.2) is 37.7 Å². The van der Waals surface area contributed by atoms with Crippen molar-refractivity contribution in [2.24, 2.45) is 5.14 Å². The average molecular weight is 381 g/mol. The molecule has 0 aliphatic rings. The third kappa shape index (κ3) is 7.28. The molecule has 0 bridgehead atoms. The lowest BCUT2D eigenvalue weighted by Crippen LogP contribution is -2.44. The Balaban J connectivity index is 2.91. The molecule has 24 heavy (non-hydrogen) atoms. The quantitative estimate of drug-likeness (QED) is 0.583. The third-order valence-corrected chi connectivity index (χ3v) is 4.16. The number of hydrogen-bond donors (Lipinski definition) is 2. The second-order valence-electron chi connectivity index (χ2n) is 5.28. The van der Waals surface area contributed by atoms with Crippen molar-refractivity contribution < 1.29 is 21.6 Å². The molecule has 0 radical (unpaired) electrons. The number of hydrogen-bond acceptors (Lipinski definition) is 3. The van der Waals surface area contributed by atoms with Crippen LogP contribution >= 0.6 is 12.2 Å². The van der Waals surface area contributed by atoms with Crippen LogP contribution in [0.4, 0.5) is 13.2 Å². The maximum absolute atomic E-state index is 12.7. The molecule has 0 saturated heterocycles. The normalized spacial score (nSPS) is 11.9. The Morgan fingerprint density at radius 1 is 1.33 bits per heavy atom. The number of nitrogens with zero attached hydrogens (tertiary/aromatic N) is 1. The number of primary sulfonamides is 1. The molecular formula is C14H18F3N3O2S2. The monoisotopic (exact) mass is 381 g/mol. The van der Waals surface area contributed by atoms with E-state index >= 15 is 0 Å². The first kappa shape index (κ1) is 20.4. The molecule has 0 spiro atoms. The van der Waals surface area contributed by atoms with Gasteiger partial charge in [-0.25, -0.2) is 13.6 Å². The van der Waals surface area contributed by atoms with E-state index < -0.39 is 22.7 Å². The van der Waals surface area contributed by atoms with Gasteiger partial charge in [0.15, 0.2) is 5.11 Å². The molecule has 3 N–H and O–H groups in total. The van der Waals surface area contributed by atoms with Gasteiger partial charge in [0.1, 0.15) is 6.54 Å². The number of rotatable bonds is 6. The van der Waals surface area contributed by atoms with E-state index in [0.717, 1.165) is 10.5 Å². The van der Waals surface area contributed by atoms with Crippen LogP contribution in [0.5, 0.6) is 0 Å². The number of halogens is 3. The highest BCUT2D eigenvalue weighted by Crippen LogP contribution is 2.19. The SMILES string of the molecule is C=C(C)CNC(=S)N(Cc1ccc(S(N)(=O)=O)cc1)CC(F)(F)F. The van der Waals surface area contributed by atoms with Crippen molar-refractivity contribution >= 4 is 27.4 Å². The van der Waals surface area contributed by atoms with Crippen LogP contribution in [0, 0.1) is 0 Å². The van der Waals surface area contributed by atoms with Crippen molar-refractivity contribution in [1.82, 2.24) is 10.2 Å². The highest BCUT2D eigenvalue weighted by Gasteiger charge is 2.32. The fourth-order valence-corrected chi connectivity index (χ4v) is 2.48. The summed E-state index contributed by atoms with van der Waals surface area (Å²) in [7, 11) is -3.85. The molecule has 0 amide bonds. The smallest absolute Gasteiger partial charge is 0.359 e. The predicted octanol–water partition coefficient (Wildman–Crippen LogP) is 2.15. The highest BCUT2D eigenvalue weighted by molar-refractivity contribution is 7.89. The van der Waals surface area contributed by atoms with E-state index in [9.17, 15) is 21.6 Å². The molecule has 134 valence electrons. The summed E-state index contributed by atoms with van der Waals surface area (Å²) in [6.07, 6.45) is -4.44. The molecule has 0 fully saturated rings. The van der Waals surface area contributed by atoms with Crippen LogP contribution < -0.4 is 10.5 Å². The first-order chi connectivity index (χ1) is 10.9. The van der Waals surface area contributed by atoms with Crippen molar-refractivity contribution in [3.63, 3.8) is 0 Å². The Labute approximate surface area is 144 Å². The van der Waals surface area contributed by atoms with E-state index in [1.807, 2.05) is 0 Å². The Morgan fingerprint density at radius 3 is 2.29 bits per heavy atom. The summed E-state index contributed by atoms with van der Waals surface area (Å²) in [5.41, 5.74) is 1.19. The van der Waals surface area contributed by atoms with E-state index in [-0.39, 0.29) is 23.1 Å². The van der Waals surface area contributed by atoms with Gasteiger partial charge in [0.2, 0.25) is 10.0 Å². The minimum Gasteiger partial charge on any atom is -0.359 e. The van der Waals surface area contributed by atoms with Crippen molar-refractivity contribution in [2.75, 3.05) is 13.1 Å². The summed E-state index contributed by atoms with van der Waals surface area (Å²) in [6, 6.07) is 5.26. The lowest BCUT2D eigenvalue weighted by atomic mass is 10.2. The Kier molecular flexibility index (Phi) is 6.76. The van der Waals surface area contributed by atoms with Gasteiger partial charge in [0.05, 0.1) is 4.90 Å². The van der Waals surface area contributed by atoms with Gasteiger partial charge in [-0.1, -0.05) is 24.3 Å². The fraction of sp³-hybridized carbons (Fsp3) is 0.357. The maximum Gasteiger partial charge on any atom is 0.406 e. The first-order valence-corrected chi connectivity index (χ1v) is 8.69. The van der Waals surface area contributed by atoms with Gasteiger partial charge in [-0.2, -0.15) is 13.2 Å². The van der Waals surface area contributed by atoms with Crippen molar-refractivity contribution in [3.05, 3.63) is 42.0 Å². The molecule has 1 aromatic carbocycles. The molecule has 0 saturated carbocycles. The molecular weight excluding hydrogens is 363 g/mol. The largest absolute Gasteiger partial charge is 0.406 e. The second kappa shape index (κ2) is 7.95. The number of nitrogens with one attached hydrogen (secondary N) is 1. The predicted molar refractivity (Wildman–Crippen MR) is 89.7 cm³/mol. The molecule has 0 aliphatic carbocycles. The standard InChI is InChI=1S/C14H18F3N3O2S2/c1-10(2)7-19-13(23)20(9-14(15,16)17)8-11-3-5-12(6-4-11)24(18,21)22/h3-6H,1,7-9H2,2H3,(H,19,23)(H2,18,21,22). The van der Waals surface area contributed by atoms with E-state index in [2.05, 4.69) is 11.9 Å². The Morgan fingerprint density at radius 2 is 1.88 bits per heavy atom. The summed E-state index contributed by atoms with van der Waals surface area (Å²) >= 11 is 5.00. The summed E-state index contributed by atoms with van der Waals surface area (Å²) in [5, 5.41) is 7.62. The van der Waals surface area contributed by atoms with Gasteiger partial charge >= 0.3 is 6.18 Å². The molecule has 0 aromatic heterocycles. The van der Waals surface area contributed by atoms with Crippen molar-refractivity contribution in [2.45, 2.75) is 24.5 Å². The average Bonchev–Trinajstić information content (AvgIpc) is 2.42. The third-order valence-electron chi connectivity index (χ3n) is 2.82. The molecule has 5 nitrogen and oxygen atoms in total. The number of thiocarbonyl (C=S) groups is 1. The van der Waals surface area contributed by atoms with Gasteiger partial charge in [-0.05, 0) is 36.8 Å². The van der Waals surface area contributed by atoms with Crippen molar-refractivity contribution in [3.8, 4) is 0 Å². The number of alkyl halides is 3. The zero-order chi connectivity index (χ0) is 18.5. The fourth-order valence-electron chi connectivity index (χ4n) is 1.76. The van der Waals surface area contributed by atoms with Crippen LogP contribution in [0.2, 0.25) is 0 Å². The molecule has 0 heterocycles. The van der Waals surface area contributed by atoms with Crippen LogP contribution in [0.25, 0.3) is 0 Å². The molecule has 0 aliphatic heterocycles. The Hall–Kier alpha value is -1.65. The Bertz CT molecular complexity index is 701. The molecule has 0 unspecified atom stereocenters. The van der Waals surface area contributed by atoms with E-state index in [0.29, 0.717) is 5.56 Å². The van der Waals surface area contributed by atoms with Crippen LogP contribution in [-0.2, 0) is 16.6 Å². The molecule has 10 heteroatoms. The van der Waals surface area contributed by atoms with E-state index in [1.165, 1.54) is 24.3 Å². The first-order valence-electron chi connectivity index (χ1n) is 6.74. The maximum atomic E-state index is 12.7. The topological polar surface area (TPSA) is 75.4 Å². The molecule has 1 rings (SSSR count). The number of nitrogens with two attached hydrogens (primary N) is 1. The lowest BCUT2D eigenvalue weighted by Gasteiger charge is -2.27. The second-order valence-corrected chi connectivity index (χ2v) is 7.22. The van der Waals surface area contributed by atoms with Gasteiger partial charge in [-0.3, -0.25) is 0 Å². The van der Waals surface area contributed by atoms with Gasteiger partial charge in [0, 0.05) is 13.1 Å². The minimum atomic E-state index is -4.44. The lowest BCUT2D eigenvalue weighted by molar-refractivity contribution is -0.138. The van der Waals surface area contributed by atoms with Gasteiger partial charge in [-0.15, -0.1) is 0 Å². The van der Waals surface area contributed by atoms with E-state index in [1.54, 1.807) is 6.92 Å². The van der Waals surface area contributed by atoms with Crippen LogP contribution in [0.1, 0.15) is 12.5 Å². The van der Waals surface area contributed by atoms with E-state index in [4.69, 9.17) is 17.4 Å². The molecule has 1 aromatic rings. The van der Waals surface area contributed by atoms with Gasteiger partial charge in [0.25, 0.3) is 0 Å². The van der Waals surface area contributed by atoms with Gasteiger partial charge < -0.3 is 10.2 Å². The molecule has 0 atom stereocenters. The van der Waals surface area contributed by atoms with Crippen LogP contribution in [0.15, 0.2) is 41.3 Å². The van der Waals surface area contributed by atoms with Crippen LogP contribution in [0.3, 0.4) is 0 Å². The van der Waals surface area contributed by atoms with Crippen molar-refractivity contribution in [1.29, 1.82) is 0 Å². The zero-order valence-electron chi connectivity index (χ0n) is 12.9. The summed E-state index contributed by atoms with van der Waals surface area (Å²) < 4.78 is 60.6. The summed E-state index contributed by atoms with van der Waals surface area (Å²) in [5.74, 6) is 0. The number of benzene rings is 1. The zero-order valence-corrected chi connectivity index (χ0v) is 14.6. The highest BCUT2D eigenvalue weighted by atomic mass is 32.2. The summed E-state index contributed by atoms with van der Waals surface area (Å²) in [4.78, 5) is 0.834. The minimum absolute atomic E-state index is 0.0640. The number of sulfonamides is 1. The summed E-state index contributed by atoms with van der Waals surface area (Å²) in [6.45, 7) is 4.26.